The van der Waals surface area contributed by atoms with Crippen molar-refractivity contribution in [2.45, 2.75) is 31.2 Å². The fourth-order valence-corrected chi connectivity index (χ4v) is 6.21. The van der Waals surface area contributed by atoms with Gasteiger partial charge in [0.25, 0.3) is 0 Å². The first-order chi connectivity index (χ1) is 15.2. The summed E-state index contributed by atoms with van der Waals surface area (Å²) in [5.74, 6) is 0.543. The lowest BCUT2D eigenvalue weighted by Gasteiger charge is -2.34. The molecule has 7 heteroatoms. The number of carbonyl (C=O) groups is 1. The lowest BCUT2D eigenvalue weighted by Crippen LogP contribution is -2.42. The molecule has 1 saturated heterocycles. The quantitative estimate of drug-likeness (QED) is 0.584. The fourth-order valence-electron chi connectivity index (χ4n) is 4.48. The van der Waals surface area contributed by atoms with Crippen LogP contribution in [-0.4, -0.2) is 63.7 Å². The molecule has 32 heavy (non-hydrogen) atoms. The first-order valence-corrected chi connectivity index (χ1v) is 12.7. The highest BCUT2D eigenvalue weighted by Gasteiger charge is 2.32. The molecule has 1 N–H and O–H groups in total. The Kier molecular flexibility index (Phi) is 8.22. The molecule has 1 heterocycles. The van der Waals surface area contributed by atoms with Crippen molar-refractivity contribution in [1.29, 1.82) is 0 Å². The Morgan fingerprint density at radius 1 is 1.06 bits per heavy atom. The third-order valence-corrected chi connectivity index (χ3v) is 7.89. The van der Waals surface area contributed by atoms with Crippen molar-refractivity contribution < 1.29 is 13.2 Å². The van der Waals surface area contributed by atoms with Gasteiger partial charge < -0.3 is 10.2 Å². The molecule has 2 aromatic rings. The summed E-state index contributed by atoms with van der Waals surface area (Å²) in [5.41, 5.74) is 1.59. The molecule has 6 nitrogen and oxygen atoms in total. The molecule has 0 spiro atoms. The molecule has 1 aliphatic heterocycles. The van der Waals surface area contributed by atoms with E-state index < -0.39 is 10.0 Å². The summed E-state index contributed by atoms with van der Waals surface area (Å²) in [6, 6.07) is 16.7. The largest absolute Gasteiger partial charge is 0.308 e. The first-order valence-electron chi connectivity index (χ1n) is 11.2. The highest BCUT2D eigenvalue weighted by atomic mass is 32.2. The van der Waals surface area contributed by atoms with E-state index >= 15 is 0 Å². The monoisotopic (exact) mass is 457 g/mol. The van der Waals surface area contributed by atoms with Gasteiger partial charge in [0, 0.05) is 31.2 Å². The van der Waals surface area contributed by atoms with Crippen molar-refractivity contribution in [2.75, 3.05) is 40.3 Å². The average molecular weight is 458 g/mol. The van der Waals surface area contributed by atoms with Gasteiger partial charge in [0.2, 0.25) is 10.0 Å². The summed E-state index contributed by atoms with van der Waals surface area (Å²) >= 11 is 0. The molecule has 3 rings (SSSR count). The Bertz CT molecular complexity index is 998. The number of piperidine rings is 1. The van der Waals surface area contributed by atoms with E-state index in [-0.39, 0.29) is 23.3 Å². The van der Waals surface area contributed by atoms with Crippen LogP contribution < -0.4 is 5.32 Å². The zero-order valence-electron chi connectivity index (χ0n) is 19.5. The molecule has 1 fully saturated rings. The summed E-state index contributed by atoms with van der Waals surface area (Å²) in [7, 11) is 0.412. The van der Waals surface area contributed by atoms with Crippen molar-refractivity contribution >= 4 is 15.8 Å². The highest BCUT2D eigenvalue weighted by molar-refractivity contribution is 7.89. The van der Waals surface area contributed by atoms with Gasteiger partial charge >= 0.3 is 0 Å². The number of carbonyl (C=O) groups excluding carboxylic acids is 1. The predicted molar refractivity (Wildman–Crippen MR) is 128 cm³/mol. The third-order valence-electron chi connectivity index (χ3n) is 6.06. The molecule has 2 aromatic carbocycles. The second kappa shape index (κ2) is 10.7. The zero-order valence-corrected chi connectivity index (χ0v) is 20.3. The van der Waals surface area contributed by atoms with Crippen molar-refractivity contribution in [1.82, 2.24) is 14.5 Å². The topological polar surface area (TPSA) is 69.7 Å². The number of hydrogen-bond donors (Lipinski definition) is 1. The molecular weight excluding hydrogens is 422 g/mol. The lowest BCUT2D eigenvalue weighted by atomic mass is 9.94. The second-order valence-corrected chi connectivity index (χ2v) is 11.2. The van der Waals surface area contributed by atoms with Gasteiger partial charge in [-0.05, 0) is 50.0 Å². The Morgan fingerprint density at radius 2 is 1.72 bits per heavy atom. The number of rotatable bonds is 9. The molecule has 0 radical (unpaired) electrons. The van der Waals surface area contributed by atoms with Crippen LogP contribution >= 0.6 is 0 Å². The van der Waals surface area contributed by atoms with E-state index in [1.165, 1.54) is 11.6 Å². The number of nitrogens with one attached hydrogen (secondary N) is 1. The van der Waals surface area contributed by atoms with Crippen LogP contribution in [0.15, 0.2) is 59.5 Å². The Morgan fingerprint density at radius 3 is 2.34 bits per heavy atom. The predicted octanol–water partition coefficient (Wildman–Crippen LogP) is 3.43. The molecular formula is C25H35N3O3S. The lowest BCUT2D eigenvalue weighted by molar-refractivity contribution is 0.0988. The number of likely N-dealkylation sites (N-methyl/N-ethyl adjacent to an activating group) is 1. The van der Waals surface area contributed by atoms with Crippen LogP contribution in [-0.2, 0) is 10.0 Å². The third kappa shape index (κ3) is 6.04. The standard InChI is InChI=1S/C25H35N3O3S/c1-19-13-20(2)18-28(17-19)32(30,31)23-12-8-11-22(14-23)25(29)16-26-15-24(27(3)4)21-9-6-5-7-10-21/h5-12,14,19-20,24,26H,13,15-18H2,1-4H3. The maximum atomic E-state index is 13.2. The summed E-state index contributed by atoms with van der Waals surface area (Å²) in [6.07, 6.45) is 1.03. The minimum atomic E-state index is -3.61. The van der Waals surface area contributed by atoms with Crippen molar-refractivity contribution in [3.05, 3.63) is 65.7 Å². The van der Waals surface area contributed by atoms with Crippen LogP contribution in [0, 0.1) is 11.8 Å². The molecule has 3 unspecified atom stereocenters. The van der Waals surface area contributed by atoms with E-state index in [0.29, 0.717) is 37.0 Å². The maximum Gasteiger partial charge on any atom is 0.243 e. The van der Waals surface area contributed by atoms with E-state index in [2.05, 4.69) is 36.2 Å². The van der Waals surface area contributed by atoms with Crippen LogP contribution in [0.4, 0.5) is 0 Å². The van der Waals surface area contributed by atoms with Gasteiger partial charge in [0.15, 0.2) is 5.78 Å². The van der Waals surface area contributed by atoms with E-state index in [1.54, 1.807) is 22.5 Å². The second-order valence-electron chi connectivity index (χ2n) is 9.24. The zero-order chi connectivity index (χ0) is 23.3. The summed E-state index contributed by atoms with van der Waals surface area (Å²) < 4.78 is 27.9. The minimum absolute atomic E-state index is 0.118. The minimum Gasteiger partial charge on any atom is -0.308 e. The summed E-state index contributed by atoms with van der Waals surface area (Å²) in [6.45, 7) is 5.98. The molecule has 3 atom stereocenters. The number of hydrogen-bond acceptors (Lipinski definition) is 5. The molecule has 0 bridgehead atoms. The van der Waals surface area contributed by atoms with E-state index in [1.807, 2.05) is 32.3 Å². The Labute approximate surface area is 192 Å². The van der Waals surface area contributed by atoms with Crippen molar-refractivity contribution in [3.63, 3.8) is 0 Å². The van der Waals surface area contributed by atoms with E-state index in [0.717, 1.165) is 6.42 Å². The van der Waals surface area contributed by atoms with E-state index in [9.17, 15) is 13.2 Å². The highest BCUT2D eigenvalue weighted by Crippen LogP contribution is 2.27. The van der Waals surface area contributed by atoms with Gasteiger partial charge in [-0.1, -0.05) is 56.3 Å². The average Bonchev–Trinajstić information content (AvgIpc) is 2.76. The summed E-state index contributed by atoms with van der Waals surface area (Å²) in [4.78, 5) is 15.1. The molecule has 0 aromatic heterocycles. The molecule has 174 valence electrons. The fraction of sp³-hybridized carbons (Fsp3) is 0.480. The normalized spacial score (nSPS) is 20.9. The van der Waals surface area contributed by atoms with Gasteiger partial charge in [-0.15, -0.1) is 0 Å². The molecule has 0 aliphatic carbocycles. The van der Waals surface area contributed by atoms with Crippen LogP contribution in [0.2, 0.25) is 0 Å². The Hall–Kier alpha value is -2.06. The van der Waals surface area contributed by atoms with Crippen molar-refractivity contribution in [2.24, 2.45) is 11.8 Å². The number of benzene rings is 2. The smallest absolute Gasteiger partial charge is 0.243 e. The van der Waals surface area contributed by atoms with Gasteiger partial charge in [-0.25, -0.2) is 8.42 Å². The van der Waals surface area contributed by atoms with Gasteiger partial charge in [0.05, 0.1) is 11.4 Å². The van der Waals surface area contributed by atoms with Gasteiger partial charge in [-0.3, -0.25) is 4.79 Å². The van der Waals surface area contributed by atoms with Crippen molar-refractivity contribution in [3.8, 4) is 0 Å². The van der Waals surface area contributed by atoms with E-state index in [4.69, 9.17) is 0 Å². The SMILES string of the molecule is CC1CC(C)CN(S(=O)(=O)c2cccc(C(=O)CNCC(c3ccccc3)N(C)C)c2)C1. The number of sulfonamides is 1. The van der Waals surface area contributed by atoms with Crippen LogP contribution in [0.25, 0.3) is 0 Å². The Balaban J connectivity index is 1.66. The van der Waals surface area contributed by atoms with Gasteiger partial charge in [0.1, 0.15) is 0 Å². The first kappa shape index (κ1) is 24.6. The molecule has 0 saturated carbocycles. The molecule has 0 amide bonds. The number of Topliss-reactive ketones (excluding diaryl/α,β-unsaturated/α-hetero) is 1. The maximum absolute atomic E-state index is 13.2. The number of ketones is 1. The van der Waals surface area contributed by atoms with Crippen LogP contribution in [0.1, 0.15) is 42.2 Å². The van der Waals surface area contributed by atoms with Crippen LogP contribution in [0.3, 0.4) is 0 Å². The summed E-state index contributed by atoms with van der Waals surface area (Å²) in [5, 5.41) is 3.25. The van der Waals surface area contributed by atoms with Crippen LogP contribution in [0.5, 0.6) is 0 Å². The van der Waals surface area contributed by atoms with Gasteiger partial charge in [-0.2, -0.15) is 4.31 Å². The molecule has 1 aliphatic rings. The number of nitrogens with zero attached hydrogens (tertiary/aromatic N) is 2.